The van der Waals surface area contributed by atoms with Crippen LogP contribution in [-0.4, -0.2) is 59.1 Å². The molecule has 0 aliphatic heterocycles. The fourth-order valence-corrected chi connectivity index (χ4v) is 4.62. The number of rotatable bonds is 6. The molecule has 1 amide bonds. The molecule has 0 saturated heterocycles. The summed E-state index contributed by atoms with van der Waals surface area (Å²) in [6, 6.07) is 9.47. The van der Waals surface area contributed by atoms with Crippen LogP contribution in [0.15, 0.2) is 67.7 Å². The summed E-state index contributed by atoms with van der Waals surface area (Å²) in [4.78, 5) is 22.6. The van der Waals surface area contributed by atoms with Crippen molar-refractivity contribution in [3.63, 3.8) is 0 Å². The smallest absolute Gasteiger partial charge is 0.229 e. The average Bonchev–Trinajstić information content (AvgIpc) is 2.63. The second-order valence-corrected chi connectivity index (χ2v) is 9.44. The third-order valence-electron chi connectivity index (χ3n) is 3.73. The van der Waals surface area contributed by atoms with Gasteiger partial charge in [-0.2, -0.15) is 0 Å². The van der Waals surface area contributed by atoms with E-state index in [1.165, 1.54) is 24.3 Å². The molecule has 9 nitrogen and oxygen atoms in total. The zero-order valence-electron chi connectivity index (χ0n) is 15.4. The largest absolute Gasteiger partial charge is 0.462 e. The Kier molecular flexibility index (Phi) is 6.91. The standard InChI is InChI=1S/C17H14N2O7S2.Na/c1-27(22,23)19-13-8-15-12(17(21)14(9-26-15)18-10-20)7-16(13)28(24,25)11-5-3-2-4-6-11;/h2-10,19H,1H3,(H,18,20);. The van der Waals surface area contributed by atoms with Crippen LogP contribution >= 0.6 is 0 Å². The SMILES string of the molecule is CS(=O)(=O)Nc1cc2occ(NC=O)c(=O)c2cc1S(=O)(=O)c1ccccc1.[Na]. The maximum Gasteiger partial charge on any atom is 0.229 e. The summed E-state index contributed by atoms with van der Waals surface area (Å²) in [5.74, 6) is 0. The Hall–Kier alpha value is -2.18. The third kappa shape index (κ3) is 4.87. The number of hydrogen-bond donors (Lipinski definition) is 2. The minimum Gasteiger partial charge on any atom is -0.462 e. The number of sulfonamides is 1. The Labute approximate surface area is 188 Å². The molecule has 0 aliphatic carbocycles. The summed E-state index contributed by atoms with van der Waals surface area (Å²) in [6.07, 6.45) is 2.12. The molecule has 29 heavy (non-hydrogen) atoms. The van der Waals surface area contributed by atoms with Crippen molar-refractivity contribution in [2.24, 2.45) is 0 Å². The maximum absolute atomic E-state index is 13.1. The van der Waals surface area contributed by atoms with Crippen molar-refractivity contribution < 1.29 is 26.0 Å². The summed E-state index contributed by atoms with van der Waals surface area (Å²) in [5.41, 5.74) is -1.18. The molecule has 3 aromatic rings. The van der Waals surface area contributed by atoms with E-state index < -0.39 is 30.2 Å². The van der Waals surface area contributed by atoms with Gasteiger partial charge in [0.1, 0.15) is 17.5 Å². The van der Waals surface area contributed by atoms with E-state index in [0.717, 1.165) is 24.7 Å². The van der Waals surface area contributed by atoms with E-state index in [0.29, 0.717) is 0 Å². The Morgan fingerprint density at radius 2 is 1.66 bits per heavy atom. The summed E-state index contributed by atoms with van der Waals surface area (Å²) in [5, 5.41) is 2.02. The number of anilines is 2. The molecule has 3 rings (SSSR count). The van der Waals surface area contributed by atoms with Gasteiger partial charge in [0.15, 0.2) is 0 Å². The molecule has 1 aromatic heterocycles. The van der Waals surface area contributed by atoms with Crippen LogP contribution < -0.4 is 15.5 Å². The van der Waals surface area contributed by atoms with Gasteiger partial charge in [0, 0.05) is 35.6 Å². The van der Waals surface area contributed by atoms with Crippen LogP contribution in [-0.2, 0) is 24.7 Å². The molecule has 0 spiro atoms. The van der Waals surface area contributed by atoms with Crippen LogP contribution in [0.1, 0.15) is 0 Å². The number of fused-ring (bicyclic) bond motifs is 1. The molecule has 2 N–H and O–H groups in total. The van der Waals surface area contributed by atoms with Gasteiger partial charge < -0.3 is 9.73 Å². The molecule has 0 fully saturated rings. The summed E-state index contributed by atoms with van der Waals surface area (Å²) in [6.45, 7) is 0. The van der Waals surface area contributed by atoms with E-state index >= 15 is 0 Å². The molecule has 0 unspecified atom stereocenters. The quantitative estimate of drug-likeness (QED) is 0.429. The first-order valence-corrected chi connectivity index (χ1v) is 11.1. The van der Waals surface area contributed by atoms with E-state index in [2.05, 4.69) is 10.0 Å². The second-order valence-electron chi connectivity index (χ2n) is 5.78. The molecule has 0 saturated carbocycles. The molecular weight excluding hydrogens is 431 g/mol. The van der Waals surface area contributed by atoms with Crippen molar-refractivity contribution in [3.05, 3.63) is 59.0 Å². The Morgan fingerprint density at radius 1 is 1.00 bits per heavy atom. The molecule has 1 heterocycles. The number of carbonyl (C=O) groups excluding carboxylic acids is 1. The zero-order chi connectivity index (χ0) is 20.5. The van der Waals surface area contributed by atoms with E-state index in [1.807, 2.05) is 0 Å². The van der Waals surface area contributed by atoms with E-state index in [1.54, 1.807) is 6.07 Å². The summed E-state index contributed by atoms with van der Waals surface area (Å²) < 4.78 is 56.9. The van der Waals surface area contributed by atoms with Gasteiger partial charge in [0.2, 0.25) is 31.7 Å². The molecule has 0 bridgehead atoms. The van der Waals surface area contributed by atoms with Gasteiger partial charge in [-0.15, -0.1) is 0 Å². The van der Waals surface area contributed by atoms with Gasteiger partial charge in [0.05, 0.1) is 27.1 Å². The van der Waals surface area contributed by atoms with Crippen LogP contribution in [0, 0.1) is 0 Å². The number of benzene rings is 2. The molecule has 1 radical (unpaired) electrons. The van der Waals surface area contributed by atoms with Gasteiger partial charge in [-0.1, -0.05) is 18.2 Å². The van der Waals surface area contributed by atoms with Crippen molar-refractivity contribution in [2.45, 2.75) is 9.79 Å². The fraction of sp³-hybridized carbons (Fsp3) is 0.0588. The predicted octanol–water partition coefficient (Wildman–Crippen LogP) is 1.18. The van der Waals surface area contributed by atoms with Crippen LogP contribution in [0.25, 0.3) is 11.0 Å². The fourth-order valence-electron chi connectivity index (χ4n) is 2.55. The molecule has 2 aromatic carbocycles. The van der Waals surface area contributed by atoms with Gasteiger partial charge >= 0.3 is 0 Å². The van der Waals surface area contributed by atoms with Crippen molar-refractivity contribution in [2.75, 3.05) is 16.3 Å². The van der Waals surface area contributed by atoms with Crippen molar-refractivity contribution in [1.82, 2.24) is 0 Å². The minimum absolute atomic E-state index is 0. The van der Waals surface area contributed by atoms with Gasteiger partial charge in [-0.25, -0.2) is 16.8 Å². The van der Waals surface area contributed by atoms with E-state index in [9.17, 15) is 26.4 Å². The van der Waals surface area contributed by atoms with Crippen LogP contribution in [0.5, 0.6) is 0 Å². The molecular formula is C17H14N2NaO7S2. The average molecular weight is 445 g/mol. The number of carbonyl (C=O) groups is 1. The first-order valence-electron chi connectivity index (χ1n) is 7.71. The summed E-state index contributed by atoms with van der Waals surface area (Å²) >= 11 is 0. The summed E-state index contributed by atoms with van der Waals surface area (Å²) in [7, 11) is -8.00. The van der Waals surface area contributed by atoms with Crippen molar-refractivity contribution >= 4 is 78.2 Å². The van der Waals surface area contributed by atoms with Crippen LogP contribution in [0.3, 0.4) is 0 Å². The number of sulfone groups is 1. The van der Waals surface area contributed by atoms with Gasteiger partial charge in [-0.05, 0) is 18.2 Å². The second kappa shape index (κ2) is 8.67. The molecule has 0 atom stereocenters. The van der Waals surface area contributed by atoms with Gasteiger partial charge in [-0.3, -0.25) is 14.3 Å². The first-order chi connectivity index (χ1) is 13.1. The Morgan fingerprint density at radius 3 is 2.24 bits per heavy atom. The van der Waals surface area contributed by atoms with Crippen LogP contribution in [0.4, 0.5) is 11.4 Å². The Bertz CT molecular complexity index is 1340. The normalized spacial score (nSPS) is 11.5. The maximum atomic E-state index is 13.1. The van der Waals surface area contributed by atoms with Crippen LogP contribution in [0.2, 0.25) is 0 Å². The Balaban J connectivity index is 0.00000300. The van der Waals surface area contributed by atoms with E-state index in [-0.39, 0.29) is 63.2 Å². The number of amides is 1. The minimum atomic E-state index is -4.17. The van der Waals surface area contributed by atoms with Gasteiger partial charge in [0.25, 0.3) is 0 Å². The molecule has 0 aliphatic rings. The predicted molar refractivity (Wildman–Crippen MR) is 108 cm³/mol. The van der Waals surface area contributed by atoms with Crippen molar-refractivity contribution in [1.29, 1.82) is 0 Å². The third-order valence-corrected chi connectivity index (χ3v) is 6.13. The zero-order valence-corrected chi connectivity index (χ0v) is 19.0. The van der Waals surface area contributed by atoms with E-state index in [4.69, 9.17) is 4.42 Å². The monoisotopic (exact) mass is 445 g/mol. The van der Waals surface area contributed by atoms with Crippen molar-refractivity contribution in [3.8, 4) is 0 Å². The number of nitrogens with one attached hydrogen (secondary N) is 2. The molecule has 12 heteroatoms. The first kappa shape index (κ1) is 23.1. The number of hydrogen-bond acceptors (Lipinski definition) is 7. The topological polar surface area (TPSA) is 140 Å². The molecule has 147 valence electrons.